The lowest BCUT2D eigenvalue weighted by Crippen LogP contribution is -2.47. The number of likely N-dealkylation sites (tertiary alicyclic amines) is 1. The fourth-order valence-corrected chi connectivity index (χ4v) is 4.52. The van der Waals surface area contributed by atoms with Gasteiger partial charge >= 0.3 is 0 Å². The lowest BCUT2D eigenvalue weighted by molar-refractivity contribution is 0.107. The van der Waals surface area contributed by atoms with E-state index in [2.05, 4.69) is 31.8 Å². The van der Waals surface area contributed by atoms with Crippen molar-refractivity contribution in [1.29, 1.82) is 0 Å². The van der Waals surface area contributed by atoms with Crippen molar-refractivity contribution in [1.82, 2.24) is 20.0 Å². The molecular weight excluding hydrogens is 320 g/mol. The summed E-state index contributed by atoms with van der Waals surface area (Å²) in [4.78, 5) is 5.13. The monoisotopic (exact) mass is 344 g/mol. The van der Waals surface area contributed by atoms with Crippen molar-refractivity contribution in [3.05, 3.63) is 36.2 Å². The van der Waals surface area contributed by atoms with Crippen LogP contribution < -0.4 is 0 Å². The van der Waals surface area contributed by atoms with Crippen molar-refractivity contribution in [3.63, 3.8) is 0 Å². The van der Waals surface area contributed by atoms with Gasteiger partial charge in [-0.2, -0.15) is 11.8 Å². The minimum absolute atomic E-state index is 0.617. The van der Waals surface area contributed by atoms with Gasteiger partial charge in [0, 0.05) is 49.3 Å². The number of piperidine rings is 1. The Hall–Kier alpha value is -1.37. The Labute approximate surface area is 147 Å². The molecule has 3 heterocycles. The third-order valence-corrected chi connectivity index (χ3v) is 5.91. The largest absolute Gasteiger partial charge is 0.419 e. The zero-order chi connectivity index (χ0) is 16.2. The third-order valence-electron chi connectivity index (χ3n) is 4.97. The van der Waals surface area contributed by atoms with E-state index in [9.17, 15) is 0 Å². The van der Waals surface area contributed by atoms with Gasteiger partial charge in [0.2, 0.25) is 11.8 Å². The molecule has 6 heteroatoms. The highest BCUT2D eigenvalue weighted by molar-refractivity contribution is 7.99. The Kier molecular flexibility index (Phi) is 5.16. The van der Waals surface area contributed by atoms with E-state index in [1.54, 1.807) is 0 Å². The van der Waals surface area contributed by atoms with Gasteiger partial charge in [-0.25, -0.2) is 0 Å². The summed E-state index contributed by atoms with van der Waals surface area (Å²) in [6.45, 7) is 5.54. The second-order valence-electron chi connectivity index (χ2n) is 6.52. The Morgan fingerprint density at radius 2 is 1.75 bits per heavy atom. The van der Waals surface area contributed by atoms with Gasteiger partial charge in [-0.15, -0.1) is 10.2 Å². The first-order valence-electron chi connectivity index (χ1n) is 8.80. The summed E-state index contributed by atoms with van der Waals surface area (Å²) in [6, 6.07) is 10.7. The van der Waals surface area contributed by atoms with Crippen molar-refractivity contribution < 1.29 is 4.42 Å². The van der Waals surface area contributed by atoms with E-state index in [1.165, 1.54) is 37.4 Å². The number of hydrogen-bond donors (Lipinski definition) is 0. The van der Waals surface area contributed by atoms with Crippen LogP contribution in [0, 0.1) is 0 Å². The highest BCUT2D eigenvalue weighted by atomic mass is 32.2. The predicted octanol–water partition coefficient (Wildman–Crippen LogP) is 2.75. The van der Waals surface area contributed by atoms with E-state index < -0.39 is 0 Å². The van der Waals surface area contributed by atoms with Crippen LogP contribution in [0.2, 0.25) is 0 Å². The number of nitrogens with zero attached hydrogens (tertiary/aromatic N) is 4. The molecule has 0 N–H and O–H groups in total. The molecule has 0 amide bonds. The standard InChI is InChI=1S/C18H24N4OS/c1-2-4-15(5-3-1)18-20-19-17(23-18)14-21-8-6-16(7-9-21)22-10-12-24-13-11-22/h1-5,16H,6-14H2. The molecule has 0 radical (unpaired) electrons. The van der Waals surface area contributed by atoms with E-state index in [-0.39, 0.29) is 0 Å². The van der Waals surface area contributed by atoms with E-state index in [0.717, 1.165) is 37.1 Å². The molecule has 4 rings (SSSR count). The summed E-state index contributed by atoms with van der Waals surface area (Å²) in [5.74, 6) is 3.93. The van der Waals surface area contributed by atoms with Gasteiger partial charge in [0.05, 0.1) is 6.54 Å². The Bertz CT molecular complexity index is 633. The molecule has 0 saturated carbocycles. The van der Waals surface area contributed by atoms with Crippen LogP contribution >= 0.6 is 11.8 Å². The molecule has 0 atom stereocenters. The van der Waals surface area contributed by atoms with Gasteiger partial charge in [-0.3, -0.25) is 9.80 Å². The first-order chi connectivity index (χ1) is 11.9. The Morgan fingerprint density at radius 1 is 1.00 bits per heavy atom. The predicted molar refractivity (Wildman–Crippen MR) is 96.9 cm³/mol. The SMILES string of the molecule is c1ccc(-c2nnc(CN3CCC(N4CCSCC4)CC3)o2)cc1. The van der Waals surface area contributed by atoms with Crippen LogP contribution in [0.15, 0.2) is 34.7 Å². The average Bonchev–Trinajstić information content (AvgIpc) is 3.12. The summed E-state index contributed by atoms with van der Waals surface area (Å²) >= 11 is 2.09. The Balaban J connectivity index is 1.30. The number of rotatable bonds is 4. The van der Waals surface area contributed by atoms with Crippen LogP contribution in [-0.2, 0) is 6.54 Å². The molecular formula is C18H24N4OS. The second kappa shape index (κ2) is 7.68. The van der Waals surface area contributed by atoms with E-state index in [1.807, 2.05) is 30.3 Å². The van der Waals surface area contributed by atoms with Crippen LogP contribution in [0.4, 0.5) is 0 Å². The van der Waals surface area contributed by atoms with Crippen LogP contribution in [-0.4, -0.2) is 63.7 Å². The molecule has 128 valence electrons. The number of benzene rings is 1. The average molecular weight is 344 g/mol. The molecule has 2 aliphatic rings. The maximum absolute atomic E-state index is 5.84. The van der Waals surface area contributed by atoms with Crippen LogP contribution in [0.5, 0.6) is 0 Å². The molecule has 0 aliphatic carbocycles. The lowest BCUT2D eigenvalue weighted by Gasteiger charge is -2.39. The highest BCUT2D eigenvalue weighted by Crippen LogP contribution is 2.22. The van der Waals surface area contributed by atoms with Crippen molar-refractivity contribution >= 4 is 11.8 Å². The number of hydrogen-bond acceptors (Lipinski definition) is 6. The molecule has 2 aromatic rings. The number of aromatic nitrogens is 2. The van der Waals surface area contributed by atoms with Crippen molar-refractivity contribution in [3.8, 4) is 11.5 Å². The van der Waals surface area contributed by atoms with Gasteiger partial charge in [0.1, 0.15) is 0 Å². The van der Waals surface area contributed by atoms with Crippen molar-refractivity contribution in [2.24, 2.45) is 0 Å². The summed E-state index contributed by atoms with van der Waals surface area (Å²) in [5, 5.41) is 8.41. The zero-order valence-electron chi connectivity index (χ0n) is 13.9. The fraction of sp³-hybridized carbons (Fsp3) is 0.556. The van der Waals surface area contributed by atoms with Gasteiger partial charge in [0.25, 0.3) is 0 Å². The smallest absolute Gasteiger partial charge is 0.247 e. The van der Waals surface area contributed by atoms with Gasteiger partial charge < -0.3 is 4.42 Å². The van der Waals surface area contributed by atoms with Crippen LogP contribution in [0.25, 0.3) is 11.5 Å². The molecule has 1 aromatic carbocycles. The summed E-state index contributed by atoms with van der Waals surface area (Å²) < 4.78 is 5.84. The van der Waals surface area contributed by atoms with Gasteiger partial charge in [0.15, 0.2) is 0 Å². The maximum Gasteiger partial charge on any atom is 0.247 e. The third kappa shape index (κ3) is 3.82. The lowest BCUT2D eigenvalue weighted by atomic mass is 10.0. The van der Waals surface area contributed by atoms with Gasteiger partial charge in [-0.05, 0) is 25.0 Å². The van der Waals surface area contributed by atoms with Crippen LogP contribution in [0.1, 0.15) is 18.7 Å². The van der Waals surface area contributed by atoms with Crippen molar-refractivity contribution in [2.75, 3.05) is 37.7 Å². The van der Waals surface area contributed by atoms with E-state index in [0.29, 0.717) is 5.89 Å². The first kappa shape index (κ1) is 16.1. The van der Waals surface area contributed by atoms with Crippen molar-refractivity contribution in [2.45, 2.75) is 25.4 Å². The minimum Gasteiger partial charge on any atom is -0.419 e. The normalized spacial score (nSPS) is 21.2. The zero-order valence-corrected chi connectivity index (χ0v) is 14.7. The minimum atomic E-state index is 0.617. The molecule has 1 aromatic heterocycles. The summed E-state index contributed by atoms with van der Waals surface area (Å²) in [6.07, 6.45) is 2.51. The van der Waals surface area contributed by atoms with E-state index >= 15 is 0 Å². The molecule has 2 aliphatic heterocycles. The van der Waals surface area contributed by atoms with E-state index in [4.69, 9.17) is 4.42 Å². The summed E-state index contributed by atoms with van der Waals surface area (Å²) in [7, 11) is 0. The maximum atomic E-state index is 5.84. The van der Waals surface area contributed by atoms with Crippen LogP contribution in [0.3, 0.4) is 0 Å². The summed E-state index contributed by atoms with van der Waals surface area (Å²) in [5.41, 5.74) is 0.984. The second-order valence-corrected chi connectivity index (χ2v) is 7.75. The molecule has 0 unspecified atom stereocenters. The molecule has 0 bridgehead atoms. The molecule has 24 heavy (non-hydrogen) atoms. The highest BCUT2D eigenvalue weighted by Gasteiger charge is 2.26. The first-order valence-corrected chi connectivity index (χ1v) is 9.96. The molecule has 2 fully saturated rings. The molecule has 2 saturated heterocycles. The number of thioether (sulfide) groups is 1. The molecule has 0 spiro atoms. The van der Waals surface area contributed by atoms with Gasteiger partial charge in [-0.1, -0.05) is 18.2 Å². The quantitative estimate of drug-likeness (QED) is 0.850. The molecule has 5 nitrogen and oxygen atoms in total. The fourth-order valence-electron chi connectivity index (χ4n) is 3.59. The Morgan fingerprint density at radius 3 is 2.50 bits per heavy atom. The topological polar surface area (TPSA) is 45.4 Å².